The largest absolute Gasteiger partial charge is 0.385 e. The maximum atomic E-state index is 11.4. The third-order valence-electron chi connectivity index (χ3n) is 1.81. The van der Waals surface area contributed by atoms with E-state index < -0.39 is 10.0 Å². The molecule has 0 saturated carbocycles. The second-order valence-corrected chi connectivity index (χ2v) is 5.02. The second kappa shape index (κ2) is 5.84. The summed E-state index contributed by atoms with van der Waals surface area (Å²) in [4.78, 5) is 0. The van der Waals surface area contributed by atoms with Crippen molar-refractivity contribution in [3.63, 3.8) is 0 Å². The number of ether oxygens (including phenoxy) is 1. The highest BCUT2D eigenvalue weighted by atomic mass is 32.2. The van der Waals surface area contributed by atoms with E-state index >= 15 is 0 Å². The lowest BCUT2D eigenvalue weighted by Gasteiger charge is -2.04. The highest BCUT2D eigenvalue weighted by Gasteiger charge is 2.09. The smallest absolute Gasteiger partial charge is 0.211 e. The predicted octanol–water partition coefficient (Wildman–Crippen LogP) is -0.134. The first kappa shape index (κ1) is 12.2. The molecular weight excluding hydrogens is 218 g/mol. The zero-order valence-electron chi connectivity index (χ0n) is 8.56. The highest BCUT2D eigenvalue weighted by Crippen LogP contribution is 1.96. The molecule has 6 nitrogen and oxygen atoms in total. The number of methoxy groups -OCH3 is 1. The molecule has 1 aromatic heterocycles. The van der Waals surface area contributed by atoms with Gasteiger partial charge in [0.05, 0.1) is 11.9 Å². The number of aromatic nitrogens is 2. The molecule has 0 bridgehead atoms. The molecule has 0 aliphatic rings. The van der Waals surface area contributed by atoms with Gasteiger partial charge in [0, 0.05) is 32.0 Å². The molecule has 7 heteroatoms. The Morgan fingerprint density at radius 2 is 2.40 bits per heavy atom. The Labute approximate surface area is 89.1 Å². The van der Waals surface area contributed by atoms with E-state index in [-0.39, 0.29) is 12.3 Å². The summed E-state index contributed by atoms with van der Waals surface area (Å²) in [6, 6.07) is 0. The molecule has 1 heterocycles. The second-order valence-electron chi connectivity index (χ2n) is 3.09. The van der Waals surface area contributed by atoms with Crippen LogP contribution >= 0.6 is 0 Å². The van der Waals surface area contributed by atoms with Crippen molar-refractivity contribution in [2.75, 3.05) is 19.5 Å². The Morgan fingerprint density at radius 1 is 1.60 bits per heavy atom. The number of H-pyrrole nitrogens is 1. The van der Waals surface area contributed by atoms with Crippen LogP contribution in [0.2, 0.25) is 0 Å². The zero-order valence-corrected chi connectivity index (χ0v) is 9.38. The van der Waals surface area contributed by atoms with E-state index in [2.05, 4.69) is 14.9 Å². The maximum Gasteiger partial charge on any atom is 0.211 e. The van der Waals surface area contributed by atoms with Gasteiger partial charge in [-0.1, -0.05) is 0 Å². The van der Waals surface area contributed by atoms with Crippen LogP contribution in [0, 0.1) is 0 Å². The Balaban J connectivity index is 2.30. The molecule has 2 N–H and O–H groups in total. The molecule has 0 spiro atoms. The van der Waals surface area contributed by atoms with E-state index in [4.69, 9.17) is 4.74 Å². The summed E-state index contributed by atoms with van der Waals surface area (Å²) >= 11 is 0. The summed E-state index contributed by atoms with van der Waals surface area (Å²) in [5, 5.41) is 6.33. The number of hydrogen-bond donors (Lipinski definition) is 2. The van der Waals surface area contributed by atoms with E-state index in [0.717, 1.165) is 5.56 Å². The number of aromatic amines is 1. The van der Waals surface area contributed by atoms with Gasteiger partial charge in [-0.05, 0) is 6.42 Å². The van der Waals surface area contributed by atoms with Gasteiger partial charge in [-0.15, -0.1) is 0 Å². The molecule has 0 atom stereocenters. The Morgan fingerprint density at radius 3 is 3.00 bits per heavy atom. The van der Waals surface area contributed by atoms with Crippen molar-refractivity contribution in [1.29, 1.82) is 0 Å². The molecule has 86 valence electrons. The fourth-order valence-electron chi connectivity index (χ4n) is 1.03. The molecular formula is C8H15N3O3S. The fourth-order valence-corrected chi connectivity index (χ4v) is 2.06. The summed E-state index contributed by atoms with van der Waals surface area (Å²) in [7, 11) is -1.65. The van der Waals surface area contributed by atoms with Gasteiger partial charge >= 0.3 is 0 Å². The van der Waals surface area contributed by atoms with Crippen molar-refractivity contribution >= 4 is 10.0 Å². The monoisotopic (exact) mass is 233 g/mol. The first-order chi connectivity index (χ1) is 7.14. The Bertz CT molecular complexity index is 360. The summed E-state index contributed by atoms with van der Waals surface area (Å²) in [6.45, 7) is 0.721. The Kier molecular flexibility index (Phi) is 4.73. The topological polar surface area (TPSA) is 84.1 Å². The molecule has 0 fully saturated rings. The number of nitrogens with one attached hydrogen (secondary N) is 2. The van der Waals surface area contributed by atoms with Crippen LogP contribution in [0.15, 0.2) is 12.4 Å². The molecule has 0 aromatic carbocycles. The van der Waals surface area contributed by atoms with E-state index in [0.29, 0.717) is 13.0 Å². The van der Waals surface area contributed by atoms with Crippen molar-refractivity contribution in [3.05, 3.63) is 18.0 Å². The van der Waals surface area contributed by atoms with Gasteiger partial charge in [0.2, 0.25) is 10.0 Å². The molecule has 0 aliphatic heterocycles. The van der Waals surface area contributed by atoms with E-state index in [1.807, 2.05) is 0 Å². The lowest BCUT2D eigenvalue weighted by molar-refractivity contribution is 0.199. The van der Waals surface area contributed by atoms with Crippen LogP contribution in [-0.2, 0) is 21.3 Å². The first-order valence-corrected chi connectivity index (χ1v) is 6.23. The molecule has 15 heavy (non-hydrogen) atoms. The SMILES string of the molecule is COCCCS(=O)(=O)NCc1cn[nH]c1. The van der Waals surface area contributed by atoms with Crippen LogP contribution in [0.4, 0.5) is 0 Å². The minimum absolute atomic E-state index is 0.0820. The van der Waals surface area contributed by atoms with E-state index in [9.17, 15) is 8.42 Å². The first-order valence-electron chi connectivity index (χ1n) is 4.58. The van der Waals surface area contributed by atoms with Crippen LogP contribution < -0.4 is 4.72 Å². The van der Waals surface area contributed by atoms with Crippen molar-refractivity contribution in [3.8, 4) is 0 Å². The summed E-state index contributed by atoms with van der Waals surface area (Å²) in [5.41, 5.74) is 0.810. The van der Waals surface area contributed by atoms with Gasteiger partial charge in [0.25, 0.3) is 0 Å². The van der Waals surface area contributed by atoms with Gasteiger partial charge < -0.3 is 4.74 Å². The van der Waals surface area contributed by atoms with Gasteiger partial charge in [0.15, 0.2) is 0 Å². The molecule has 1 rings (SSSR count). The fraction of sp³-hybridized carbons (Fsp3) is 0.625. The quantitative estimate of drug-likeness (QED) is 0.642. The molecule has 0 saturated heterocycles. The lowest BCUT2D eigenvalue weighted by Crippen LogP contribution is -2.26. The van der Waals surface area contributed by atoms with Crippen LogP contribution in [0.1, 0.15) is 12.0 Å². The molecule has 0 aliphatic carbocycles. The Hall–Kier alpha value is -0.920. The third kappa shape index (κ3) is 4.91. The highest BCUT2D eigenvalue weighted by molar-refractivity contribution is 7.89. The normalized spacial score (nSPS) is 11.8. The summed E-state index contributed by atoms with van der Waals surface area (Å²) < 4.78 is 30.1. The zero-order chi connectivity index (χ0) is 11.1. The third-order valence-corrected chi connectivity index (χ3v) is 3.22. The average molecular weight is 233 g/mol. The average Bonchev–Trinajstić information content (AvgIpc) is 2.68. The van der Waals surface area contributed by atoms with E-state index in [1.165, 1.54) is 0 Å². The van der Waals surface area contributed by atoms with Crippen molar-refractivity contribution < 1.29 is 13.2 Å². The number of nitrogens with zero attached hydrogens (tertiary/aromatic N) is 1. The number of hydrogen-bond acceptors (Lipinski definition) is 4. The predicted molar refractivity (Wildman–Crippen MR) is 55.7 cm³/mol. The molecule has 1 aromatic rings. The minimum Gasteiger partial charge on any atom is -0.385 e. The van der Waals surface area contributed by atoms with Gasteiger partial charge in [0.1, 0.15) is 0 Å². The lowest BCUT2D eigenvalue weighted by atomic mass is 10.4. The summed E-state index contributed by atoms with van der Waals surface area (Å²) in [5.74, 6) is 0.0820. The maximum absolute atomic E-state index is 11.4. The van der Waals surface area contributed by atoms with Gasteiger partial charge in [-0.2, -0.15) is 5.10 Å². The number of rotatable bonds is 7. The van der Waals surface area contributed by atoms with Crippen LogP contribution in [0.3, 0.4) is 0 Å². The van der Waals surface area contributed by atoms with Crippen LogP contribution in [0.5, 0.6) is 0 Å². The van der Waals surface area contributed by atoms with Crippen molar-refractivity contribution in [2.24, 2.45) is 0 Å². The number of sulfonamides is 1. The minimum atomic E-state index is -3.20. The van der Waals surface area contributed by atoms with Crippen LogP contribution in [-0.4, -0.2) is 38.1 Å². The van der Waals surface area contributed by atoms with Gasteiger partial charge in [-0.3, -0.25) is 5.10 Å². The van der Waals surface area contributed by atoms with Crippen LogP contribution in [0.25, 0.3) is 0 Å². The van der Waals surface area contributed by atoms with Gasteiger partial charge in [-0.25, -0.2) is 13.1 Å². The molecule has 0 amide bonds. The summed E-state index contributed by atoms with van der Waals surface area (Å²) in [6.07, 6.45) is 3.73. The molecule has 0 unspecified atom stereocenters. The standard InChI is InChI=1S/C8H15N3O3S/c1-14-3-2-4-15(12,13)11-7-8-5-9-10-6-8/h5-6,11H,2-4,7H2,1H3,(H,9,10). The van der Waals surface area contributed by atoms with Crippen molar-refractivity contribution in [2.45, 2.75) is 13.0 Å². The van der Waals surface area contributed by atoms with E-state index in [1.54, 1.807) is 19.5 Å². The molecule has 0 radical (unpaired) electrons. The van der Waals surface area contributed by atoms with Crippen molar-refractivity contribution in [1.82, 2.24) is 14.9 Å².